The van der Waals surface area contributed by atoms with Gasteiger partial charge in [0.05, 0.1) is 0 Å². The van der Waals surface area contributed by atoms with E-state index in [4.69, 9.17) is 0 Å². The van der Waals surface area contributed by atoms with E-state index in [0.717, 1.165) is 6.42 Å². The standard InChI is InChI=1S/C21H23.Zr/c1-3-5-7-17-14-19-8-6-9-20(21(19)15-17)18-12-10-16(4-2)11-13-18;/h6,8-15H,3-5,7H2,1-2H3;. The van der Waals surface area contributed by atoms with Crippen molar-refractivity contribution in [2.45, 2.75) is 43.2 Å². The van der Waals surface area contributed by atoms with Crippen LogP contribution in [0.25, 0.3) is 17.2 Å². The molecule has 1 heteroatoms. The zero-order valence-corrected chi connectivity index (χ0v) is 16.0. The number of hydrogen-bond donors (Lipinski definition) is 0. The van der Waals surface area contributed by atoms with Gasteiger partial charge in [-0.1, -0.05) is 0 Å². The van der Waals surface area contributed by atoms with E-state index in [0.29, 0.717) is 3.63 Å². The van der Waals surface area contributed by atoms with Crippen LogP contribution >= 0.6 is 0 Å². The molecule has 2 aromatic carbocycles. The first-order valence-corrected chi connectivity index (χ1v) is 9.80. The van der Waals surface area contributed by atoms with Crippen molar-refractivity contribution in [1.29, 1.82) is 0 Å². The molecule has 111 valence electrons. The normalized spacial score (nSPS) is 16.4. The topological polar surface area (TPSA) is 0 Å². The number of rotatable bonds is 5. The van der Waals surface area contributed by atoms with E-state index in [9.17, 15) is 0 Å². The van der Waals surface area contributed by atoms with E-state index in [1.54, 1.807) is 35.9 Å². The van der Waals surface area contributed by atoms with Crippen molar-refractivity contribution in [3.8, 4) is 11.1 Å². The van der Waals surface area contributed by atoms with Crippen molar-refractivity contribution in [2.75, 3.05) is 0 Å². The van der Waals surface area contributed by atoms with E-state index in [1.807, 2.05) is 0 Å². The van der Waals surface area contributed by atoms with Gasteiger partial charge in [-0.05, 0) is 0 Å². The summed E-state index contributed by atoms with van der Waals surface area (Å²) in [7, 11) is 0. The maximum atomic E-state index is 2.48. The van der Waals surface area contributed by atoms with Crippen LogP contribution in [0.3, 0.4) is 0 Å². The molecule has 0 saturated heterocycles. The van der Waals surface area contributed by atoms with E-state index < -0.39 is 0 Å². The van der Waals surface area contributed by atoms with Crippen molar-refractivity contribution >= 4 is 6.08 Å². The Balaban J connectivity index is 1.99. The summed E-state index contributed by atoms with van der Waals surface area (Å²) in [6, 6.07) is 15.9. The van der Waals surface area contributed by atoms with Gasteiger partial charge < -0.3 is 0 Å². The number of hydrogen-bond acceptors (Lipinski definition) is 0. The minimum absolute atomic E-state index is 0.670. The van der Waals surface area contributed by atoms with Crippen molar-refractivity contribution in [1.82, 2.24) is 0 Å². The summed E-state index contributed by atoms with van der Waals surface area (Å²) in [6.07, 6.45) is 7.44. The van der Waals surface area contributed by atoms with E-state index in [2.05, 4.69) is 62.4 Å². The summed E-state index contributed by atoms with van der Waals surface area (Å²) in [5.41, 5.74) is 8.83. The van der Waals surface area contributed by atoms with Crippen LogP contribution in [0.5, 0.6) is 0 Å². The number of aryl methyl sites for hydroxylation is 1. The number of benzene rings is 2. The quantitative estimate of drug-likeness (QED) is 0.600. The monoisotopic (exact) mass is 365 g/mol. The Morgan fingerprint density at radius 1 is 1.00 bits per heavy atom. The molecule has 1 atom stereocenters. The van der Waals surface area contributed by atoms with Crippen LogP contribution in [0, 0.1) is 0 Å². The van der Waals surface area contributed by atoms with Gasteiger partial charge in [-0.15, -0.1) is 0 Å². The first-order chi connectivity index (χ1) is 10.7. The molecule has 1 unspecified atom stereocenters. The van der Waals surface area contributed by atoms with Gasteiger partial charge in [0.2, 0.25) is 0 Å². The molecule has 0 aliphatic heterocycles. The van der Waals surface area contributed by atoms with Crippen molar-refractivity contribution in [3.63, 3.8) is 0 Å². The molecule has 0 bridgehead atoms. The molecule has 0 radical (unpaired) electrons. The molecule has 1 aliphatic carbocycles. The Morgan fingerprint density at radius 2 is 1.77 bits per heavy atom. The first-order valence-electron chi connectivity index (χ1n) is 8.38. The number of fused-ring (bicyclic) bond motifs is 1. The predicted octanol–water partition coefficient (Wildman–Crippen LogP) is 6.09. The van der Waals surface area contributed by atoms with E-state index in [-0.39, 0.29) is 0 Å². The van der Waals surface area contributed by atoms with Gasteiger partial charge in [0.15, 0.2) is 0 Å². The molecule has 1 aliphatic rings. The third-order valence-corrected chi connectivity index (χ3v) is 6.32. The van der Waals surface area contributed by atoms with Crippen LogP contribution in [-0.4, -0.2) is 0 Å². The molecule has 0 aromatic heterocycles. The van der Waals surface area contributed by atoms with Gasteiger partial charge in [0.25, 0.3) is 0 Å². The van der Waals surface area contributed by atoms with Gasteiger partial charge in [0, 0.05) is 0 Å². The summed E-state index contributed by atoms with van der Waals surface area (Å²) in [6.45, 7) is 4.49. The van der Waals surface area contributed by atoms with Crippen LogP contribution < -0.4 is 0 Å². The number of allylic oxidation sites excluding steroid dienone is 1. The molecule has 2 aromatic rings. The van der Waals surface area contributed by atoms with E-state index in [1.165, 1.54) is 41.5 Å². The van der Waals surface area contributed by atoms with Crippen molar-refractivity contribution in [2.24, 2.45) is 0 Å². The first kappa shape index (κ1) is 15.9. The van der Waals surface area contributed by atoms with Crippen LogP contribution in [-0.2, 0) is 31.1 Å². The summed E-state index contributed by atoms with van der Waals surface area (Å²) in [5, 5.41) is 0. The molecule has 0 saturated carbocycles. The summed E-state index contributed by atoms with van der Waals surface area (Å²) in [5.74, 6) is 0. The fraction of sp³-hybridized carbons (Fsp3) is 0.333. The Labute approximate surface area is 149 Å². The Bertz CT molecular complexity index is 680. The third-order valence-electron chi connectivity index (χ3n) is 4.64. The average Bonchev–Trinajstić information content (AvgIpc) is 2.89. The van der Waals surface area contributed by atoms with Gasteiger partial charge in [-0.3, -0.25) is 0 Å². The average molecular weight is 367 g/mol. The second-order valence-electron chi connectivity index (χ2n) is 6.11. The third kappa shape index (κ3) is 3.06. The SMILES string of the molecule is CCCCC1=Cc2c(-c3ccc(CC)cc3)cccc2[CH]1[Zr]. The zero-order valence-electron chi connectivity index (χ0n) is 13.5. The summed E-state index contributed by atoms with van der Waals surface area (Å²) >= 11 is 1.62. The molecule has 0 nitrogen and oxygen atoms in total. The van der Waals surface area contributed by atoms with Gasteiger partial charge in [-0.25, -0.2) is 0 Å². The molecule has 0 spiro atoms. The van der Waals surface area contributed by atoms with Gasteiger partial charge >= 0.3 is 150 Å². The van der Waals surface area contributed by atoms with Gasteiger partial charge in [0.1, 0.15) is 0 Å². The molecule has 0 amide bonds. The van der Waals surface area contributed by atoms with Gasteiger partial charge in [-0.2, -0.15) is 0 Å². The fourth-order valence-corrected chi connectivity index (χ4v) is 4.41. The van der Waals surface area contributed by atoms with Crippen molar-refractivity contribution in [3.05, 3.63) is 64.7 Å². The van der Waals surface area contributed by atoms with Crippen molar-refractivity contribution < 1.29 is 24.7 Å². The number of unbranched alkanes of at least 4 members (excludes halogenated alkanes) is 1. The second-order valence-corrected chi connectivity index (χ2v) is 7.53. The molecule has 3 rings (SSSR count). The van der Waals surface area contributed by atoms with E-state index >= 15 is 0 Å². The molecule has 0 fully saturated rings. The Morgan fingerprint density at radius 3 is 2.45 bits per heavy atom. The minimum atomic E-state index is 0.670. The van der Waals surface area contributed by atoms with Crippen LogP contribution in [0.4, 0.5) is 0 Å². The zero-order chi connectivity index (χ0) is 15.5. The summed E-state index contributed by atoms with van der Waals surface area (Å²) in [4.78, 5) is 0. The molecular weight excluding hydrogens is 343 g/mol. The predicted molar refractivity (Wildman–Crippen MR) is 91.5 cm³/mol. The maximum absolute atomic E-state index is 2.48. The fourth-order valence-electron chi connectivity index (χ4n) is 3.23. The summed E-state index contributed by atoms with van der Waals surface area (Å²) < 4.78 is 0.670. The second kappa shape index (κ2) is 7.09. The van der Waals surface area contributed by atoms with Crippen LogP contribution in [0.2, 0.25) is 0 Å². The van der Waals surface area contributed by atoms with Crippen LogP contribution in [0.15, 0.2) is 48.0 Å². The van der Waals surface area contributed by atoms with Crippen LogP contribution in [0.1, 0.15) is 53.4 Å². The molecule has 22 heavy (non-hydrogen) atoms. The molecular formula is C21H23Zr. The Hall–Kier alpha value is -0.937. The molecule has 0 heterocycles. The molecule has 0 N–H and O–H groups in total. The Kier molecular flexibility index (Phi) is 5.14.